The van der Waals surface area contributed by atoms with Crippen molar-refractivity contribution in [2.75, 3.05) is 18.4 Å². The predicted molar refractivity (Wildman–Crippen MR) is 110 cm³/mol. The van der Waals surface area contributed by atoms with Gasteiger partial charge in [0.2, 0.25) is 5.91 Å². The fraction of sp³-hybridized carbons (Fsp3) is 0.333. The molecule has 0 spiro atoms. The van der Waals surface area contributed by atoms with E-state index >= 15 is 0 Å². The van der Waals surface area contributed by atoms with Gasteiger partial charge < -0.3 is 16.0 Å². The Balaban J connectivity index is 0.00000261. The number of carbonyl (C=O) groups excluding carboxylic acids is 2. The van der Waals surface area contributed by atoms with Gasteiger partial charge in [-0.2, -0.15) is 0 Å². The summed E-state index contributed by atoms with van der Waals surface area (Å²) in [4.78, 5) is 26.6. The number of likely N-dealkylation sites (tertiary alicyclic amines) is 1. The van der Waals surface area contributed by atoms with E-state index in [0.717, 1.165) is 37.1 Å². The predicted octanol–water partition coefficient (Wildman–Crippen LogP) is 3.68. The van der Waals surface area contributed by atoms with Crippen molar-refractivity contribution in [2.24, 2.45) is 5.73 Å². The molecule has 27 heavy (non-hydrogen) atoms. The Labute approximate surface area is 166 Å². The number of nitrogens with one attached hydrogen (secondary N) is 1. The van der Waals surface area contributed by atoms with Crippen molar-refractivity contribution in [3.05, 3.63) is 65.2 Å². The Kier molecular flexibility index (Phi) is 7.39. The first kappa shape index (κ1) is 20.9. The zero-order chi connectivity index (χ0) is 18.5. The average molecular weight is 388 g/mol. The molecule has 0 saturated carbocycles. The second-order valence-electron chi connectivity index (χ2n) is 6.80. The normalized spacial score (nSPS) is 14.4. The van der Waals surface area contributed by atoms with Crippen molar-refractivity contribution < 1.29 is 9.59 Å². The van der Waals surface area contributed by atoms with Crippen molar-refractivity contribution in [1.29, 1.82) is 0 Å². The van der Waals surface area contributed by atoms with Gasteiger partial charge in [-0.25, -0.2) is 0 Å². The molecule has 1 fully saturated rings. The van der Waals surface area contributed by atoms with Crippen LogP contribution in [0.1, 0.15) is 46.8 Å². The van der Waals surface area contributed by atoms with Crippen molar-refractivity contribution in [3.8, 4) is 0 Å². The molecule has 2 aromatic carbocycles. The first-order chi connectivity index (χ1) is 12.5. The third-order valence-corrected chi connectivity index (χ3v) is 4.77. The van der Waals surface area contributed by atoms with Crippen molar-refractivity contribution in [3.63, 3.8) is 0 Å². The van der Waals surface area contributed by atoms with Gasteiger partial charge in [-0.3, -0.25) is 9.59 Å². The second-order valence-corrected chi connectivity index (χ2v) is 6.80. The summed E-state index contributed by atoms with van der Waals surface area (Å²) >= 11 is 0. The zero-order valence-corrected chi connectivity index (χ0v) is 16.3. The third-order valence-electron chi connectivity index (χ3n) is 4.77. The molecule has 1 atom stereocenters. The molecular weight excluding hydrogens is 362 g/mol. The molecule has 0 aliphatic carbocycles. The minimum absolute atomic E-state index is 0. The second kappa shape index (κ2) is 9.53. The summed E-state index contributed by atoms with van der Waals surface area (Å²) in [6.07, 6.45) is 2.35. The highest BCUT2D eigenvalue weighted by atomic mass is 35.5. The van der Waals surface area contributed by atoms with Gasteiger partial charge in [0.25, 0.3) is 5.91 Å². The van der Waals surface area contributed by atoms with Gasteiger partial charge in [-0.1, -0.05) is 30.3 Å². The standard InChI is InChI=1S/C21H25N3O2.ClH/c1-15-13-17(21(26)24-11-5-6-12-24)9-10-19(15)23-20(25)14-18(22)16-7-3-2-4-8-16;/h2-4,7-10,13,18H,5-6,11-12,14,22H2,1H3,(H,23,25);1H. The highest BCUT2D eigenvalue weighted by Crippen LogP contribution is 2.21. The third kappa shape index (κ3) is 5.31. The van der Waals surface area contributed by atoms with Crippen LogP contribution in [0.5, 0.6) is 0 Å². The van der Waals surface area contributed by atoms with Gasteiger partial charge >= 0.3 is 0 Å². The summed E-state index contributed by atoms with van der Waals surface area (Å²) in [5.41, 5.74) is 9.30. The number of aryl methyl sites for hydroxylation is 1. The van der Waals surface area contributed by atoms with E-state index in [0.29, 0.717) is 11.3 Å². The molecule has 144 valence electrons. The molecule has 6 heteroatoms. The van der Waals surface area contributed by atoms with Crippen LogP contribution in [-0.4, -0.2) is 29.8 Å². The van der Waals surface area contributed by atoms with Crippen LogP contribution in [-0.2, 0) is 4.79 Å². The number of benzene rings is 2. The fourth-order valence-electron chi connectivity index (χ4n) is 3.26. The molecule has 0 bridgehead atoms. The summed E-state index contributed by atoms with van der Waals surface area (Å²) in [6.45, 7) is 3.55. The molecule has 1 aliphatic rings. The topological polar surface area (TPSA) is 75.4 Å². The molecule has 0 radical (unpaired) electrons. The first-order valence-electron chi connectivity index (χ1n) is 9.05. The van der Waals surface area contributed by atoms with Gasteiger partial charge in [0.05, 0.1) is 0 Å². The summed E-state index contributed by atoms with van der Waals surface area (Å²) in [6, 6.07) is 14.7. The maximum atomic E-state index is 12.5. The first-order valence-corrected chi connectivity index (χ1v) is 9.05. The summed E-state index contributed by atoms with van der Waals surface area (Å²) in [5, 5.41) is 2.90. The maximum Gasteiger partial charge on any atom is 0.253 e. The number of nitrogens with zero attached hydrogens (tertiary/aromatic N) is 1. The smallest absolute Gasteiger partial charge is 0.253 e. The number of hydrogen-bond donors (Lipinski definition) is 2. The van der Waals surface area contributed by atoms with Crippen molar-refractivity contribution in [1.82, 2.24) is 4.90 Å². The van der Waals surface area contributed by atoms with E-state index in [1.54, 1.807) is 12.1 Å². The number of carbonyl (C=O) groups is 2. The quantitative estimate of drug-likeness (QED) is 0.821. The van der Waals surface area contributed by atoms with Crippen LogP contribution in [0.3, 0.4) is 0 Å². The highest BCUT2D eigenvalue weighted by Gasteiger charge is 2.20. The number of amides is 2. The molecule has 3 N–H and O–H groups in total. The molecule has 1 heterocycles. The molecule has 5 nitrogen and oxygen atoms in total. The van der Waals surface area contributed by atoms with Crippen LogP contribution in [0.25, 0.3) is 0 Å². The van der Waals surface area contributed by atoms with E-state index in [2.05, 4.69) is 5.32 Å². The van der Waals surface area contributed by atoms with Crippen LogP contribution < -0.4 is 11.1 Å². The van der Waals surface area contributed by atoms with E-state index in [-0.39, 0.29) is 36.7 Å². The van der Waals surface area contributed by atoms with E-state index in [4.69, 9.17) is 5.73 Å². The number of anilines is 1. The van der Waals surface area contributed by atoms with Gasteiger partial charge in [-0.15, -0.1) is 12.4 Å². The monoisotopic (exact) mass is 387 g/mol. The minimum Gasteiger partial charge on any atom is -0.339 e. The molecule has 1 aliphatic heterocycles. The fourth-order valence-corrected chi connectivity index (χ4v) is 3.26. The van der Waals surface area contributed by atoms with Crippen LogP contribution in [0.4, 0.5) is 5.69 Å². The molecule has 0 aromatic heterocycles. The largest absolute Gasteiger partial charge is 0.339 e. The van der Waals surface area contributed by atoms with Crippen LogP contribution >= 0.6 is 12.4 Å². The Morgan fingerprint density at radius 2 is 1.78 bits per heavy atom. The van der Waals surface area contributed by atoms with Gasteiger partial charge in [-0.05, 0) is 49.1 Å². The lowest BCUT2D eigenvalue weighted by molar-refractivity contribution is -0.116. The van der Waals surface area contributed by atoms with E-state index in [1.807, 2.05) is 48.2 Å². The molecular formula is C21H26ClN3O2. The Bertz CT molecular complexity index is 789. The van der Waals surface area contributed by atoms with Crippen LogP contribution in [0, 0.1) is 6.92 Å². The zero-order valence-electron chi connectivity index (χ0n) is 15.5. The average Bonchev–Trinajstić information content (AvgIpc) is 3.18. The van der Waals surface area contributed by atoms with E-state index in [9.17, 15) is 9.59 Å². The SMILES string of the molecule is Cc1cc(C(=O)N2CCCC2)ccc1NC(=O)CC(N)c1ccccc1.Cl. The highest BCUT2D eigenvalue weighted by molar-refractivity contribution is 5.96. The van der Waals surface area contributed by atoms with Gasteiger partial charge in [0.1, 0.15) is 0 Å². The lowest BCUT2D eigenvalue weighted by Gasteiger charge is -2.17. The van der Waals surface area contributed by atoms with Crippen LogP contribution in [0.2, 0.25) is 0 Å². The molecule has 1 saturated heterocycles. The Hall–Kier alpha value is -2.37. The lowest BCUT2D eigenvalue weighted by Crippen LogP contribution is -2.27. The van der Waals surface area contributed by atoms with Gasteiger partial charge in [0, 0.05) is 36.8 Å². The number of hydrogen-bond acceptors (Lipinski definition) is 3. The minimum atomic E-state index is -0.340. The van der Waals surface area contributed by atoms with Crippen LogP contribution in [0.15, 0.2) is 48.5 Å². The number of nitrogens with two attached hydrogens (primary N) is 1. The lowest BCUT2D eigenvalue weighted by atomic mass is 10.0. The molecule has 1 unspecified atom stereocenters. The molecule has 2 aromatic rings. The molecule has 2 amide bonds. The summed E-state index contributed by atoms with van der Waals surface area (Å²) in [5.74, 6) is -0.0716. The summed E-state index contributed by atoms with van der Waals surface area (Å²) in [7, 11) is 0. The number of halogens is 1. The Morgan fingerprint density at radius 3 is 2.41 bits per heavy atom. The maximum absolute atomic E-state index is 12.5. The van der Waals surface area contributed by atoms with E-state index in [1.165, 1.54) is 0 Å². The number of rotatable bonds is 5. The van der Waals surface area contributed by atoms with E-state index < -0.39 is 0 Å². The Morgan fingerprint density at radius 1 is 1.11 bits per heavy atom. The molecule has 3 rings (SSSR count). The summed E-state index contributed by atoms with van der Waals surface area (Å²) < 4.78 is 0. The van der Waals surface area contributed by atoms with Crippen molar-refractivity contribution in [2.45, 2.75) is 32.2 Å². The van der Waals surface area contributed by atoms with Gasteiger partial charge in [0.15, 0.2) is 0 Å². The van der Waals surface area contributed by atoms with Crippen molar-refractivity contribution >= 4 is 29.9 Å².